The lowest BCUT2D eigenvalue weighted by molar-refractivity contribution is -0.136. The first kappa shape index (κ1) is 12.3. The molecule has 0 amide bonds. The molecule has 0 unspecified atom stereocenters. The summed E-state index contributed by atoms with van der Waals surface area (Å²) < 4.78 is 0. The standard InChI is InChI=1S/C15H20O2/c16-14(15(17)11-4-5-12-15)10-6-9-13-7-2-1-3-8-13/h1-3,7-8,17H,4-6,9-12H2. The number of ketones is 1. The van der Waals surface area contributed by atoms with Crippen molar-refractivity contribution in [1.29, 1.82) is 0 Å². The molecule has 1 aliphatic rings. The maximum Gasteiger partial charge on any atom is 0.164 e. The zero-order chi connectivity index (χ0) is 12.1. The Hall–Kier alpha value is -1.15. The number of carbonyl (C=O) groups is 1. The topological polar surface area (TPSA) is 37.3 Å². The summed E-state index contributed by atoms with van der Waals surface area (Å²) in [5, 5.41) is 10.1. The van der Waals surface area contributed by atoms with Crippen molar-refractivity contribution in [3.8, 4) is 0 Å². The van der Waals surface area contributed by atoms with Crippen molar-refractivity contribution in [2.24, 2.45) is 0 Å². The van der Waals surface area contributed by atoms with E-state index in [1.807, 2.05) is 18.2 Å². The molecule has 2 rings (SSSR count). The van der Waals surface area contributed by atoms with Crippen LogP contribution < -0.4 is 0 Å². The van der Waals surface area contributed by atoms with Gasteiger partial charge in [0.05, 0.1) is 0 Å². The van der Waals surface area contributed by atoms with Crippen molar-refractivity contribution in [2.75, 3.05) is 0 Å². The van der Waals surface area contributed by atoms with Crippen LogP contribution in [0.2, 0.25) is 0 Å². The van der Waals surface area contributed by atoms with Crippen LogP contribution >= 0.6 is 0 Å². The van der Waals surface area contributed by atoms with Crippen molar-refractivity contribution < 1.29 is 9.90 Å². The van der Waals surface area contributed by atoms with Crippen LogP contribution in [0, 0.1) is 0 Å². The Morgan fingerprint density at radius 1 is 1.18 bits per heavy atom. The summed E-state index contributed by atoms with van der Waals surface area (Å²) in [6.07, 6.45) is 5.56. The van der Waals surface area contributed by atoms with Crippen molar-refractivity contribution in [1.82, 2.24) is 0 Å². The van der Waals surface area contributed by atoms with Gasteiger partial charge >= 0.3 is 0 Å². The highest BCUT2D eigenvalue weighted by Gasteiger charge is 2.37. The molecular weight excluding hydrogens is 212 g/mol. The SMILES string of the molecule is O=C(CCCc1ccccc1)C1(O)CCCC1. The molecule has 1 aromatic carbocycles. The number of benzene rings is 1. The predicted octanol–water partition coefficient (Wildman–Crippen LogP) is 2.88. The van der Waals surface area contributed by atoms with Crippen molar-refractivity contribution >= 4 is 5.78 Å². The molecule has 1 aliphatic carbocycles. The molecule has 1 fully saturated rings. The van der Waals surface area contributed by atoms with Crippen molar-refractivity contribution in [3.05, 3.63) is 35.9 Å². The first-order valence-corrected chi connectivity index (χ1v) is 6.50. The van der Waals surface area contributed by atoms with Crippen molar-refractivity contribution in [2.45, 2.75) is 50.5 Å². The zero-order valence-corrected chi connectivity index (χ0v) is 10.2. The third kappa shape index (κ3) is 3.16. The number of Topliss-reactive ketones (excluding diaryl/α,β-unsaturated/α-hetero) is 1. The van der Waals surface area contributed by atoms with Crippen molar-refractivity contribution in [3.63, 3.8) is 0 Å². The Labute approximate surface area is 103 Å². The highest BCUT2D eigenvalue weighted by molar-refractivity contribution is 5.87. The minimum Gasteiger partial charge on any atom is -0.382 e. The second-order valence-corrected chi connectivity index (χ2v) is 5.00. The first-order chi connectivity index (χ1) is 8.21. The molecule has 2 heteroatoms. The largest absolute Gasteiger partial charge is 0.382 e. The molecule has 0 radical (unpaired) electrons. The molecule has 0 bridgehead atoms. The highest BCUT2D eigenvalue weighted by atomic mass is 16.3. The second kappa shape index (κ2) is 5.46. The van der Waals surface area contributed by atoms with Crippen LogP contribution in [0.5, 0.6) is 0 Å². The van der Waals surface area contributed by atoms with Gasteiger partial charge in [-0.3, -0.25) is 4.79 Å². The fourth-order valence-electron chi connectivity index (χ4n) is 2.57. The van der Waals surface area contributed by atoms with Gasteiger partial charge in [0.1, 0.15) is 5.60 Å². The van der Waals surface area contributed by atoms with E-state index in [0.29, 0.717) is 19.3 Å². The van der Waals surface area contributed by atoms with Crippen LogP contribution in [-0.4, -0.2) is 16.5 Å². The lowest BCUT2D eigenvalue weighted by atomic mass is 9.92. The summed E-state index contributed by atoms with van der Waals surface area (Å²) >= 11 is 0. The van der Waals surface area contributed by atoms with E-state index in [2.05, 4.69) is 12.1 Å². The summed E-state index contributed by atoms with van der Waals surface area (Å²) in [4.78, 5) is 11.9. The van der Waals surface area contributed by atoms with Gasteiger partial charge in [-0.05, 0) is 44.1 Å². The Morgan fingerprint density at radius 2 is 1.82 bits per heavy atom. The van der Waals surface area contributed by atoms with Gasteiger partial charge < -0.3 is 5.11 Å². The van der Waals surface area contributed by atoms with E-state index < -0.39 is 5.60 Å². The summed E-state index contributed by atoms with van der Waals surface area (Å²) in [5.74, 6) is 0.0472. The lowest BCUT2D eigenvalue weighted by Gasteiger charge is -2.20. The molecule has 0 atom stereocenters. The maximum atomic E-state index is 11.9. The summed E-state index contributed by atoms with van der Waals surface area (Å²) in [6.45, 7) is 0. The normalized spacial score (nSPS) is 18.2. The van der Waals surface area contributed by atoms with Gasteiger partial charge in [-0.1, -0.05) is 30.3 Å². The fraction of sp³-hybridized carbons (Fsp3) is 0.533. The minimum absolute atomic E-state index is 0.0472. The van der Waals surface area contributed by atoms with Crippen LogP contribution in [0.15, 0.2) is 30.3 Å². The van der Waals surface area contributed by atoms with Crippen LogP contribution in [0.4, 0.5) is 0 Å². The Kier molecular flexibility index (Phi) is 3.95. The van der Waals surface area contributed by atoms with E-state index in [9.17, 15) is 9.90 Å². The van der Waals surface area contributed by atoms with E-state index in [1.54, 1.807) is 0 Å². The predicted molar refractivity (Wildman–Crippen MR) is 67.8 cm³/mol. The highest BCUT2D eigenvalue weighted by Crippen LogP contribution is 2.31. The van der Waals surface area contributed by atoms with Gasteiger partial charge in [0.15, 0.2) is 5.78 Å². The van der Waals surface area contributed by atoms with Crippen LogP contribution in [0.25, 0.3) is 0 Å². The number of aryl methyl sites for hydroxylation is 1. The second-order valence-electron chi connectivity index (χ2n) is 5.00. The zero-order valence-electron chi connectivity index (χ0n) is 10.2. The molecule has 0 aliphatic heterocycles. The van der Waals surface area contributed by atoms with Gasteiger partial charge in [-0.2, -0.15) is 0 Å². The van der Waals surface area contributed by atoms with E-state index in [1.165, 1.54) is 5.56 Å². The molecule has 0 spiro atoms. The maximum absolute atomic E-state index is 11.9. The Morgan fingerprint density at radius 3 is 2.47 bits per heavy atom. The number of hydrogen-bond donors (Lipinski definition) is 1. The quantitative estimate of drug-likeness (QED) is 0.847. The first-order valence-electron chi connectivity index (χ1n) is 6.50. The number of carbonyl (C=O) groups excluding carboxylic acids is 1. The smallest absolute Gasteiger partial charge is 0.164 e. The number of aliphatic hydroxyl groups is 1. The molecule has 0 aromatic heterocycles. The average Bonchev–Trinajstić information content (AvgIpc) is 2.79. The van der Waals surface area contributed by atoms with E-state index in [0.717, 1.165) is 25.7 Å². The summed E-state index contributed by atoms with van der Waals surface area (Å²) in [7, 11) is 0. The molecule has 17 heavy (non-hydrogen) atoms. The molecule has 1 aromatic rings. The Balaban J connectivity index is 1.77. The van der Waals surface area contributed by atoms with Gasteiger partial charge in [0, 0.05) is 6.42 Å². The molecule has 0 saturated heterocycles. The lowest BCUT2D eigenvalue weighted by Crippen LogP contribution is -2.35. The monoisotopic (exact) mass is 232 g/mol. The van der Waals surface area contributed by atoms with Crippen LogP contribution in [0.1, 0.15) is 44.1 Å². The van der Waals surface area contributed by atoms with Crippen LogP contribution in [-0.2, 0) is 11.2 Å². The average molecular weight is 232 g/mol. The van der Waals surface area contributed by atoms with Gasteiger partial charge in [0.2, 0.25) is 0 Å². The molecule has 1 saturated carbocycles. The Bertz CT molecular complexity index is 364. The minimum atomic E-state index is -0.989. The molecule has 2 nitrogen and oxygen atoms in total. The fourth-order valence-corrected chi connectivity index (χ4v) is 2.57. The summed E-state index contributed by atoms with van der Waals surface area (Å²) in [6, 6.07) is 10.2. The number of hydrogen-bond acceptors (Lipinski definition) is 2. The third-order valence-electron chi connectivity index (χ3n) is 3.66. The van der Waals surface area contributed by atoms with Crippen LogP contribution in [0.3, 0.4) is 0 Å². The molecule has 0 heterocycles. The molecule has 92 valence electrons. The van der Waals surface area contributed by atoms with E-state index in [4.69, 9.17) is 0 Å². The van der Waals surface area contributed by atoms with E-state index in [-0.39, 0.29) is 5.78 Å². The summed E-state index contributed by atoms with van der Waals surface area (Å²) in [5.41, 5.74) is 0.273. The molecule has 1 N–H and O–H groups in total. The van der Waals surface area contributed by atoms with Gasteiger partial charge in [-0.15, -0.1) is 0 Å². The van der Waals surface area contributed by atoms with E-state index >= 15 is 0 Å². The third-order valence-corrected chi connectivity index (χ3v) is 3.66. The number of rotatable bonds is 5. The molecular formula is C15H20O2. The van der Waals surface area contributed by atoms with Gasteiger partial charge in [-0.25, -0.2) is 0 Å². The van der Waals surface area contributed by atoms with Gasteiger partial charge in [0.25, 0.3) is 0 Å².